The Morgan fingerprint density at radius 3 is 2.60 bits per heavy atom. The Morgan fingerprint density at radius 1 is 1.47 bits per heavy atom. The van der Waals surface area contributed by atoms with E-state index in [1.165, 1.54) is 0 Å². The fourth-order valence-corrected chi connectivity index (χ4v) is 2.04. The number of hydrogen-bond donors (Lipinski definition) is 1. The highest BCUT2D eigenvalue weighted by Gasteiger charge is 2.21. The van der Waals surface area contributed by atoms with Crippen LogP contribution in [0.25, 0.3) is 0 Å². The lowest BCUT2D eigenvalue weighted by Gasteiger charge is -2.31. The molecule has 0 spiro atoms. The minimum atomic E-state index is 0.395. The first kappa shape index (κ1) is 10.3. The van der Waals surface area contributed by atoms with Gasteiger partial charge in [-0.3, -0.25) is 4.68 Å². The van der Waals surface area contributed by atoms with E-state index in [4.69, 9.17) is 10.5 Å². The van der Waals surface area contributed by atoms with Crippen molar-refractivity contribution in [2.45, 2.75) is 18.9 Å². The van der Waals surface area contributed by atoms with Crippen LogP contribution in [-0.4, -0.2) is 36.1 Å². The van der Waals surface area contributed by atoms with E-state index in [9.17, 15) is 0 Å². The van der Waals surface area contributed by atoms with E-state index in [1.807, 2.05) is 13.2 Å². The van der Waals surface area contributed by atoms with Gasteiger partial charge < -0.3 is 15.4 Å². The topological polar surface area (TPSA) is 56.3 Å². The summed E-state index contributed by atoms with van der Waals surface area (Å²) in [5.41, 5.74) is 6.64. The third-order valence-corrected chi connectivity index (χ3v) is 2.91. The van der Waals surface area contributed by atoms with Gasteiger partial charge in [0.05, 0.1) is 11.8 Å². The SMILES string of the molecule is COC1CCN(c2nn(C)cc2N)CC1. The van der Waals surface area contributed by atoms with Crippen LogP contribution >= 0.6 is 0 Å². The van der Waals surface area contributed by atoms with Crippen LogP contribution in [0.5, 0.6) is 0 Å². The highest BCUT2D eigenvalue weighted by atomic mass is 16.5. The molecule has 0 atom stereocenters. The molecule has 5 nitrogen and oxygen atoms in total. The molecule has 1 aliphatic heterocycles. The fraction of sp³-hybridized carbons (Fsp3) is 0.700. The molecule has 2 rings (SSSR count). The standard InChI is InChI=1S/C10H18N4O/c1-13-7-9(11)10(12-13)14-5-3-8(15-2)4-6-14/h7-8H,3-6,11H2,1-2H3. The maximum absolute atomic E-state index is 5.88. The van der Waals surface area contributed by atoms with E-state index in [1.54, 1.807) is 11.8 Å². The second kappa shape index (κ2) is 4.10. The summed E-state index contributed by atoms with van der Waals surface area (Å²) in [7, 11) is 3.66. The summed E-state index contributed by atoms with van der Waals surface area (Å²) in [6, 6.07) is 0. The van der Waals surface area contributed by atoms with Gasteiger partial charge in [-0.15, -0.1) is 0 Å². The van der Waals surface area contributed by atoms with Crippen LogP contribution in [0.4, 0.5) is 11.5 Å². The lowest BCUT2D eigenvalue weighted by atomic mass is 10.1. The number of nitrogens with zero attached hydrogens (tertiary/aromatic N) is 3. The zero-order valence-corrected chi connectivity index (χ0v) is 9.31. The molecule has 0 unspecified atom stereocenters. The number of hydrogen-bond acceptors (Lipinski definition) is 4. The Bertz CT molecular complexity index is 328. The number of rotatable bonds is 2. The molecular weight excluding hydrogens is 192 g/mol. The molecule has 0 aliphatic carbocycles. The monoisotopic (exact) mass is 210 g/mol. The van der Waals surface area contributed by atoms with Crippen LogP contribution in [0.15, 0.2) is 6.20 Å². The number of aryl methyl sites for hydroxylation is 1. The first-order valence-electron chi connectivity index (χ1n) is 5.27. The maximum atomic E-state index is 5.88. The smallest absolute Gasteiger partial charge is 0.173 e. The van der Waals surface area contributed by atoms with Crippen LogP contribution in [0, 0.1) is 0 Å². The molecule has 0 bridgehead atoms. The molecule has 1 aromatic rings. The number of anilines is 2. The normalized spacial score (nSPS) is 18.4. The molecule has 0 amide bonds. The summed E-state index contributed by atoms with van der Waals surface area (Å²) in [6.45, 7) is 1.94. The fourth-order valence-electron chi connectivity index (χ4n) is 2.04. The van der Waals surface area contributed by atoms with Crippen molar-refractivity contribution < 1.29 is 4.74 Å². The Balaban J connectivity index is 2.04. The number of nitrogen functional groups attached to an aromatic ring is 1. The largest absolute Gasteiger partial charge is 0.394 e. The Labute approximate surface area is 89.8 Å². The maximum Gasteiger partial charge on any atom is 0.173 e. The Kier molecular flexibility index (Phi) is 2.81. The summed E-state index contributed by atoms with van der Waals surface area (Å²) in [6.07, 6.45) is 4.34. The molecule has 2 heterocycles. The van der Waals surface area contributed by atoms with E-state index in [0.717, 1.165) is 37.4 Å². The van der Waals surface area contributed by atoms with Gasteiger partial charge in [0.2, 0.25) is 0 Å². The summed E-state index contributed by atoms with van der Waals surface area (Å²) < 4.78 is 7.08. The van der Waals surface area contributed by atoms with E-state index in [-0.39, 0.29) is 0 Å². The quantitative estimate of drug-likeness (QED) is 0.777. The average molecular weight is 210 g/mol. The second-order valence-electron chi connectivity index (χ2n) is 4.00. The Morgan fingerprint density at radius 2 is 2.13 bits per heavy atom. The summed E-state index contributed by atoms with van der Waals surface area (Å²) >= 11 is 0. The first-order valence-corrected chi connectivity index (χ1v) is 5.27. The molecule has 0 aromatic carbocycles. The molecule has 1 aliphatic rings. The van der Waals surface area contributed by atoms with Crippen molar-refractivity contribution in [1.29, 1.82) is 0 Å². The van der Waals surface area contributed by atoms with Gasteiger partial charge in [-0.1, -0.05) is 0 Å². The molecule has 2 N–H and O–H groups in total. The lowest BCUT2D eigenvalue weighted by Crippen LogP contribution is -2.37. The second-order valence-corrected chi connectivity index (χ2v) is 4.00. The van der Waals surface area contributed by atoms with E-state index in [0.29, 0.717) is 6.10 Å². The predicted octanol–water partition coefficient (Wildman–Crippen LogP) is 0.617. The van der Waals surface area contributed by atoms with Gasteiger partial charge >= 0.3 is 0 Å². The van der Waals surface area contributed by atoms with Crippen molar-refractivity contribution >= 4 is 11.5 Å². The van der Waals surface area contributed by atoms with E-state index < -0.39 is 0 Å². The molecule has 1 saturated heterocycles. The lowest BCUT2D eigenvalue weighted by molar-refractivity contribution is 0.0818. The summed E-state index contributed by atoms with van der Waals surface area (Å²) in [5, 5.41) is 4.36. The van der Waals surface area contributed by atoms with Crippen molar-refractivity contribution in [2.75, 3.05) is 30.8 Å². The highest BCUT2D eigenvalue weighted by Crippen LogP contribution is 2.24. The van der Waals surface area contributed by atoms with Crippen molar-refractivity contribution in [3.63, 3.8) is 0 Å². The minimum Gasteiger partial charge on any atom is -0.394 e. The van der Waals surface area contributed by atoms with Crippen LogP contribution in [0.1, 0.15) is 12.8 Å². The van der Waals surface area contributed by atoms with Crippen molar-refractivity contribution in [3.05, 3.63) is 6.20 Å². The molecule has 5 heteroatoms. The third-order valence-electron chi connectivity index (χ3n) is 2.91. The van der Waals surface area contributed by atoms with Crippen molar-refractivity contribution in [2.24, 2.45) is 7.05 Å². The molecule has 15 heavy (non-hydrogen) atoms. The minimum absolute atomic E-state index is 0.395. The molecular formula is C10H18N4O. The van der Waals surface area contributed by atoms with Gasteiger partial charge in [-0.2, -0.15) is 5.10 Å². The van der Waals surface area contributed by atoms with Crippen LogP contribution in [0.2, 0.25) is 0 Å². The van der Waals surface area contributed by atoms with Gasteiger partial charge in [0, 0.05) is 33.4 Å². The predicted molar refractivity (Wildman–Crippen MR) is 59.9 cm³/mol. The van der Waals surface area contributed by atoms with Gasteiger partial charge in [0.1, 0.15) is 0 Å². The first-order chi connectivity index (χ1) is 7.20. The van der Waals surface area contributed by atoms with Gasteiger partial charge in [-0.05, 0) is 12.8 Å². The van der Waals surface area contributed by atoms with Crippen LogP contribution in [0.3, 0.4) is 0 Å². The molecule has 0 saturated carbocycles. The molecule has 1 aromatic heterocycles. The van der Waals surface area contributed by atoms with E-state index >= 15 is 0 Å². The molecule has 0 radical (unpaired) electrons. The molecule has 1 fully saturated rings. The number of aromatic nitrogens is 2. The number of piperidine rings is 1. The number of ether oxygens (including phenoxy) is 1. The van der Waals surface area contributed by atoms with Crippen LogP contribution in [-0.2, 0) is 11.8 Å². The average Bonchev–Trinajstić information content (AvgIpc) is 2.58. The number of nitrogens with two attached hydrogens (primary N) is 1. The summed E-state index contributed by atoms with van der Waals surface area (Å²) in [4.78, 5) is 2.23. The van der Waals surface area contributed by atoms with Gasteiger partial charge in [-0.25, -0.2) is 0 Å². The van der Waals surface area contributed by atoms with E-state index in [2.05, 4.69) is 10.00 Å². The zero-order chi connectivity index (χ0) is 10.8. The summed E-state index contributed by atoms with van der Waals surface area (Å²) in [5.74, 6) is 0.909. The molecule has 84 valence electrons. The highest BCUT2D eigenvalue weighted by molar-refractivity contribution is 5.61. The number of methoxy groups -OCH3 is 1. The third kappa shape index (κ3) is 2.07. The van der Waals surface area contributed by atoms with Gasteiger partial charge in [0.15, 0.2) is 5.82 Å². The van der Waals surface area contributed by atoms with Crippen molar-refractivity contribution in [3.8, 4) is 0 Å². The zero-order valence-electron chi connectivity index (χ0n) is 9.31. The Hall–Kier alpha value is -1.23. The van der Waals surface area contributed by atoms with Crippen LogP contribution < -0.4 is 10.6 Å². The van der Waals surface area contributed by atoms with Crippen molar-refractivity contribution in [1.82, 2.24) is 9.78 Å². The van der Waals surface area contributed by atoms with Gasteiger partial charge in [0.25, 0.3) is 0 Å².